The van der Waals surface area contributed by atoms with E-state index in [0.29, 0.717) is 11.3 Å². The van der Waals surface area contributed by atoms with E-state index in [0.717, 1.165) is 5.69 Å². The highest BCUT2D eigenvalue weighted by molar-refractivity contribution is 5.99. The van der Waals surface area contributed by atoms with Gasteiger partial charge in [0.15, 0.2) is 0 Å². The summed E-state index contributed by atoms with van der Waals surface area (Å²) in [6.07, 6.45) is 0. The van der Waals surface area contributed by atoms with Crippen LogP contribution in [0.4, 0.5) is 14.5 Å². The second kappa shape index (κ2) is 8.61. The Labute approximate surface area is 138 Å². The Morgan fingerprint density at radius 3 is 2.42 bits per heavy atom. The SMILES string of the molecule is C/C(=N\NC(=O)CNc1ccccc1)c1ccc(OC(F)F)cc1. The standard InChI is InChI=1S/C17H17F2N3O2/c1-12(13-7-9-15(10-8-13)24-17(18)19)21-22-16(23)11-20-14-5-3-2-4-6-14/h2-10,17,20H,11H2,1H3,(H,22,23)/b21-12+. The number of nitrogens with one attached hydrogen (secondary N) is 2. The highest BCUT2D eigenvalue weighted by atomic mass is 19.3. The van der Waals surface area contributed by atoms with Crippen molar-refractivity contribution in [1.82, 2.24) is 5.43 Å². The molecule has 2 aromatic rings. The molecule has 126 valence electrons. The molecule has 0 saturated carbocycles. The zero-order valence-corrected chi connectivity index (χ0v) is 13.0. The molecule has 0 radical (unpaired) electrons. The number of halogens is 2. The topological polar surface area (TPSA) is 62.7 Å². The molecule has 24 heavy (non-hydrogen) atoms. The van der Waals surface area contributed by atoms with E-state index in [1.807, 2.05) is 30.3 Å². The van der Waals surface area contributed by atoms with Gasteiger partial charge in [0.2, 0.25) is 0 Å². The third kappa shape index (κ3) is 5.68. The first-order valence-electron chi connectivity index (χ1n) is 7.22. The van der Waals surface area contributed by atoms with Gasteiger partial charge >= 0.3 is 6.61 Å². The normalized spacial score (nSPS) is 11.2. The van der Waals surface area contributed by atoms with Gasteiger partial charge < -0.3 is 10.1 Å². The van der Waals surface area contributed by atoms with Crippen molar-refractivity contribution in [1.29, 1.82) is 0 Å². The molecule has 0 spiro atoms. The first-order valence-corrected chi connectivity index (χ1v) is 7.22. The van der Waals surface area contributed by atoms with Gasteiger partial charge in [0, 0.05) is 5.69 Å². The summed E-state index contributed by atoms with van der Waals surface area (Å²) in [6, 6.07) is 15.3. The zero-order valence-electron chi connectivity index (χ0n) is 13.0. The monoisotopic (exact) mass is 333 g/mol. The number of hydrazone groups is 1. The van der Waals surface area contributed by atoms with Crippen LogP contribution in [0.1, 0.15) is 12.5 Å². The molecule has 0 unspecified atom stereocenters. The van der Waals surface area contributed by atoms with Gasteiger partial charge in [-0.25, -0.2) is 5.43 Å². The van der Waals surface area contributed by atoms with Gasteiger partial charge in [-0.3, -0.25) is 4.79 Å². The number of benzene rings is 2. The van der Waals surface area contributed by atoms with Crippen LogP contribution in [0.25, 0.3) is 0 Å². The first-order chi connectivity index (χ1) is 11.5. The van der Waals surface area contributed by atoms with Crippen molar-refractivity contribution >= 4 is 17.3 Å². The molecule has 0 aliphatic carbocycles. The third-order valence-electron chi connectivity index (χ3n) is 3.07. The molecule has 2 aromatic carbocycles. The minimum absolute atomic E-state index is 0.0673. The fourth-order valence-corrected chi connectivity index (χ4v) is 1.87. The number of hydrogen-bond donors (Lipinski definition) is 2. The molecular weight excluding hydrogens is 316 g/mol. The Balaban J connectivity index is 1.85. The predicted octanol–water partition coefficient (Wildman–Crippen LogP) is 3.24. The van der Waals surface area contributed by atoms with Crippen molar-refractivity contribution in [3.8, 4) is 5.75 Å². The maximum atomic E-state index is 12.1. The highest BCUT2D eigenvalue weighted by Crippen LogP contribution is 2.15. The Kier molecular flexibility index (Phi) is 6.24. The fraction of sp³-hybridized carbons (Fsp3) is 0.176. The minimum atomic E-state index is -2.86. The molecule has 7 heteroatoms. The van der Waals surface area contributed by atoms with Gasteiger partial charge in [-0.2, -0.15) is 13.9 Å². The van der Waals surface area contributed by atoms with Crippen molar-refractivity contribution in [3.05, 3.63) is 60.2 Å². The first kappa shape index (κ1) is 17.4. The third-order valence-corrected chi connectivity index (χ3v) is 3.07. The van der Waals surface area contributed by atoms with E-state index in [-0.39, 0.29) is 18.2 Å². The van der Waals surface area contributed by atoms with Crippen LogP contribution in [-0.4, -0.2) is 24.8 Å². The Morgan fingerprint density at radius 1 is 1.12 bits per heavy atom. The number of carbonyl (C=O) groups is 1. The summed E-state index contributed by atoms with van der Waals surface area (Å²) in [5.41, 5.74) is 4.51. The number of anilines is 1. The molecule has 0 aliphatic rings. The second-order valence-electron chi connectivity index (χ2n) is 4.85. The van der Waals surface area contributed by atoms with Crippen LogP contribution in [-0.2, 0) is 4.79 Å². The van der Waals surface area contributed by atoms with Crippen LogP contribution in [0.15, 0.2) is 59.7 Å². The van der Waals surface area contributed by atoms with Gasteiger partial charge in [0.05, 0.1) is 12.3 Å². The van der Waals surface area contributed by atoms with Crippen LogP contribution >= 0.6 is 0 Å². The van der Waals surface area contributed by atoms with Crippen molar-refractivity contribution < 1.29 is 18.3 Å². The van der Waals surface area contributed by atoms with Crippen molar-refractivity contribution in [3.63, 3.8) is 0 Å². The van der Waals surface area contributed by atoms with E-state index in [1.165, 1.54) is 12.1 Å². The molecule has 0 saturated heterocycles. The van der Waals surface area contributed by atoms with Crippen LogP contribution < -0.4 is 15.5 Å². The number of hydrogen-bond acceptors (Lipinski definition) is 4. The number of ether oxygens (including phenoxy) is 1. The number of alkyl halides is 2. The summed E-state index contributed by atoms with van der Waals surface area (Å²) >= 11 is 0. The Morgan fingerprint density at radius 2 is 1.79 bits per heavy atom. The van der Waals surface area contributed by atoms with E-state index < -0.39 is 6.61 Å². The summed E-state index contributed by atoms with van der Waals surface area (Å²) in [5.74, 6) is -0.228. The lowest BCUT2D eigenvalue weighted by molar-refractivity contribution is -0.119. The van der Waals surface area contributed by atoms with E-state index in [1.54, 1.807) is 19.1 Å². The number of amides is 1. The molecule has 0 atom stereocenters. The molecule has 0 fully saturated rings. The molecule has 0 bridgehead atoms. The van der Waals surface area contributed by atoms with E-state index in [2.05, 4.69) is 20.6 Å². The molecule has 0 aliphatic heterocycles. The summed E-state index contributed by atoms with van der Waals surface area (Å²) in [4.78, 5) is 11.7. The highest BCUT2D eigenvalue weighted by Gasteiger charge is 2.05. The minimum Gasteiger partial charge on any atom is -0.435 e. The van der Waals surface area contributed by atoms with Crippen LogP contribution in [0, 0.1) is 0 Å². The quantitative estimate of drug-likeness (QED) is 0.604. The smallest absolute Gasteiger partial charge is 0.387 e. The Bertz CT molecular complexity index is 689. The van der Waals surface area contributed by atoms with Crippen molar-refractivity contribution in [2.45, 2.75) is 13.5 Å². The van der Waals surface area contributed by atoms with Gasteiger partial charge in [0.1, 0.15) is 5.75 Å². The molecule has 5 nitrogen and oxygen atoms in total. The number of rotatable bonds is 7. The summed E-state index contributed by atoms with van der Waals surface area (Å²) in [7, 11) is 0. The van der Waals surface area contributed by atoms with Gasteiger partial charge in [-0.05, 0) is 48.9 Å². The molecular formula is C17H17F2N3O2. The number of nitrogens with zero attached hydrogens (tertiary/aromatic N) is 1. The molecule has 2 rings (SSSR count). The van der Waals surface area contributed by atoms with Crippen LogP contribution in [0.3, 0.4) is 0 Å². The fourth-order valence-electron chi connectivity index (χ4n) is 1.87. The summed E-state index contributed by atoms with van der Waals surface area (Å²) < 4.78 is 28.4. The van der Waals surface area contributed by atoms with Crippen LogP contribution in [0.5, 0.6) is 5.75 Å². The van der Waals surface area contributed by atoms with E-state index in [9.17, 15) is 13.6 Å². The second-order valence-corrected chi connectivity index (χ2v) is 4.85. The largest absolute Gasteiger partial charge is 0.435 e. The van der Waals surface area contributed by atoms with E-state index in [4.69, 9.17) is 0 Å². The van der Waals surface area contributed by atoms with E-state index >= 15 is 0 Å². The average molecular weight is 333 g/mol. The molecule has 2 N–H and O–H groups in total. The number of carbonyl (C=O) groups excluding carboxylic acids is 1. The summed E-state index contributed by atoms with van der Waals surface area (Å²) in [6.45, 7) is -1.07. The predicted molar refractivity (Wildman–Crippen MR) is 88.4 cm³/mol. The maximum absolute atomic E-state index is 12.1. The van der Waals surface area contributed by atoms with Gasteiger partial charge in [-0.15, -0.1) is 0 Å². The Hall–Kier alpha value is -2.96. The van der Waals surface area contributed by atoms with Crippen molar-refractivity contribution in [2.24, 2.45) is 5.10 Å². The van der Waals surface area contributed by atoms with Gasteiger partial charge in [-0.1, -0.05) is 18.2 Å². The summed E-state index contributed by atoms with van der Waals surface area (Å²) in [5, 5.41) is 6.95. The number of para-hydroxylation sites is 1. The molecule has 0 heterocycles. The lowest BCUT2D eigenvalue weighted by Crippen LogP contribution is -2.26. The molecule has 0 aromatic heterocycles. The average Bonchev–Trinajstić information content (AvgIpc) is 2.59. The lowest BCUT2D eigenvalue weighted by atomic mass is 10.1. The van der Waals surface area contributed by atoms with Crippen molar-refractivity contribution in [2.75, 3.05) is 11.9 Å². The zero-order chi connectivity index (χ0) is 17.4. The lowest BCUT2D eigenvalue weighted by Gasteiger charge is -2.07. The van der Waals surface area contributed by atoms with Gasteiger partial charge in [0.25, 0.3) is 5.91 Å². The van der Waals surface area contributed by atoms with Crippen LogP contribution in [0.2, 0.25) is 0 Å². The maximum Gasteiger partial charge on any atom is 0.387 e. The molecule has 1 amide bonds.